The van der Waals surface area contributed by atoms with E-state index in [4.69, 9.17) is 14.2 Å². The van der Waals surface area contributed by atoms with Crippen LogP contribution in [0.15, 0.2) is 25.3 Å². The molecule has 0 aliphatic carbocycles. The number of hydrogen-bond acceptors (Lipinski definition) is 3. The fourth-order valence-electron chi connectivity index (χ4n) is 1.35. The van der Waals surface area contributed by atoms with Gasteiger partial charge in [0.2, 0.25) is 0 Å². The first kappa shape index (κ1) is 11.4. The predicted molar refractivity (Wildman–Crippen MR) is 55.0 cm³/mol. The number of rotatable bonds is 4. The fraction of sp³-hybridized carbons (Fsp3) is 0.636. The van der Waals surface area contributed by atoms with Crippen molar-refractivity contribution < 1.29 is 14.2 Å². The summed E-state index contributed by atoms with van der Waals surface area (Å²) in [4.78, 5) is 0. The van der Waals surface area contributed by atoms with Crippen LogP contribution >= 0.6 is 0 Å². The molecule has 1 saturated heterocycles. The van der Waals surface area contributed by atoms with Crippen molar-refractivity contribution in [3.8, 4) is 0 Å². The van der Waals surface area contributed by atoms with Gasteiger partial charge in [-0.1, -0.05) is 12.2 Å². The maximum atomic E-state index is 5.63. The van der Waals surface area contributed by atoms with Gasteiger partial charge in [-0.3, -0.25) is 0 Å². The first-order chi connectivity index (χ1) is 6.59. The van der Waals surface area contributed by atoms with Gasteiger partial charge in [-0.15, -0.1) is 13.2 Å². The molecule has 0 N–H and O–H groups in total. The summed E-state index contributed by atoms with van der Waals surface area (Å²) >= 11 is 0. The van der Waals surface area contributed by atoms with Crippen molar-refractivity contribution in [3.63, 3.8) is 0 Å². The largest absolute Gasteiger partial charge is 0.369 e. The van der Waals surface area contributed by atoms with Crippen molar-refractivity contribution in [2.75, 3.05) is 13.2 Å². The van der Waals surface area contributed by atoms with E-state index < -0.39 is 5.79 Å². The highest BCUT2D eigenvalue weighted by Gasteiger charge is 2.35. The van der Waals surface area contributed by atoms with E-state index in [1.807, 2.05) is 13.8 Å². The Labute approximate surface area is 85.3 Å². The van der Waals surface area contributed by atoms with Crippen LogP contribution in [0.3, 0.4) is 0 Å². The zero-order valence-corrected chi connectivity index (χ0v) is 8.86. The van der Waals surface area contributed by atoms with E-state index in [0.29, 0.717) is 13.2 Å². The topological polar surface area (TPSA) is 27.7 Å². The zero-order valence-electron chi connectivity index (χ0n) is 8.86. The Bertz CT molecular complexity index is 211. The molecule has 3 nitrogen and oxygen atoms in total. The van der Waals surface area contributed by atoms with Crippen molar-refractivity contribution in [1.29, 1.82) is 0 Å². The molecule has 1 aliphatic heterocycles. The van der Waals surface area contributed by atoms with E-state index in [2.05, 4.69) is 13.2 Å². The Balaban J connectivity index is 2.52. The second kappa shape index (κ2) is 4.73. The van der Waals surface area contributed by atoms with Gasteiger partial charge in [-0.2, -0.15) is 0 Å². The lowest BCUT2D eigenvalue weighted by atomic mass is 10.1. The Morgan fingerprint density at radius 1 is 1.50 bits per heavy atom. The van der Waals surface area contributed by atoms with Crippen molar-refractivity contribution >= 4 is 0 Å². The van der Waals surface area contributed by atoms with Crippen LogP contribution in [0.5, 0.6) is 0 Å². The van der Waals surface area contributed by atoms with E-state index in [9.17, 15) is 0 Å². The molecule has 3 heteroatoms. The summed E-state index contributed by atoms with van der Waals surface area (Å²) in [6.07, 6.45) is 3.26. The molecule has 0 amide bonds. The number of ether oxygens (including phenoxy) is 3. The van der Waals surface area contributed by atoms with Gasteiger partial charge in [0.05, 0.1) is 13.2 Å². The maximum absolute atomic E-state index is 5.63. The Hall–Kier alpha value is -0.640. The second-order valence-electron chi connectivity index (χ2n) is 3.69. The van der Waals surface area contributed by atoms with Crippen LogP contribution in [0.1, 0.15) is 13.8 Å². The third-order valence-corrected chi connectivity index (χ3v) is 2.04. The van der Waals surface area contributed by atoms with Gasteiger partial charge in [0.25, 0.3) is 0 Å². The molecule has 1 aliphatic rings. The molecule has 0 saturated carbocycles. The zero-order chi connectivity index (χ0) is 10.6. The van der Waals surface area contributed by atoms with Crippen LogP contribution in [-0.4, -0.2) is 31.2 Å². The molecule has 0 unspecified atom stereocenters. The molecule has 1 rings (SSSR count). The molecular formula is C11H18O3. The lowest BCUT2D eigenvalue weighted by Crippen LogP contribution is -2.48. The Morgan fingerprint density at radius 2 is 2.21 bits per heavy atom. The minimum Gasteiger partial charge on any atom is -0.369 e. The minimum atomic E-state index is -0.549. The normalized spacial score (nSPS) is 31.0. The summed E-state index contributed by atoms with van der Waals surface area (Å²) in [5, 5.41) is 0. The van der Waals surface area contributed by atoms with Crippen LogP contribution in [0.2, 0.25) is 0 Å². The van der Waals surface area contributed by atoms with Crippen LogP contribution in [0, 0.1) is 0 Å². The maximum Gasteiger partial charge on any atom is 0.163 e. The van der Waals surface area contributed by atoms with Gasteiger partial charge in [0.1, 0.15) is 12.2 Å². The van der Waals surface area contributed by atoms with E-state index >= 15 is 0 Å². The van der Waals surface area contributed by atoms with Gasteiger partial charge < -0.3 is 14.2 Å². The van der Waals surface area contributed by atoms with Gasteiger partial charge in [-0.25, -0.2) is 0 Å². The van der Waals surface area contributed by atoms with Gasteiger partial charge >= 0.3 is 0 Å². The highest BCUT2D eigenvalue weighted by atomic mass is 16.7. The molecule has 2 atom stereocenters. The van der Waals surface area contributed by atoms with E-state index in [-0.39, 0.29) is 12.2 Å². The molecular weight excluding hydrogens is 180 g/mol. The highest BCUT2D eigenvalue weighted by Crippen LogP contribution is 2.24. The Kier molecular flexibility index (Phi) is 3.86. The van der Waals surface area contributed by atoms with E-state index in [0.717, 1.165) is 0 Å². The molecule has 0 spiro atoms. The summed E-state index contributed by atoms with van der Waals surface area (Å²) in [6, 6.07) is 0. The summed E-state index contributed by atoms with van der Waals surface area (Å²) in [5.41, 5.74) is 0. The quantitative estimate of drug-likeness (QED) is 0.646. The molecule has 0 aromatic heterocycles. The van der Waals surface area contributed by atoms with Crippen molar-refractivity contribution in [3.05, 3.63) is 25.3 Å². The average molecular weight is 198 g/mol. The van der Waals surface area contributed by atoms with Crippen LogP contribution < -0.4 is 0 Å². The van der Waals surface area contributed by atoms with Crippen molar-refractivity contribution in [1.82, 2.24) is 0 Å². The average Bonchev–Trinajstić information content (AvgIpc) is 2.15. The van der Waals surface area contributed by atoms with Crippen LogP contribution in [-0.2, 0) is 14.2 Å². The molecule has 0 aromatic carbocycles. The van der Waals surface area contributed by atoms with Crippen LogP contribution in [0.4, 0.5) is 0 Å². The summed E-state index contributed by atoms with van der Waals surface area (Å²) in [5.74, 6) is -0.549. The third-order valence-electron chi connectivity index (χ3n) is 2.04. The monoisotopic (exact) mass is 198 g/mol. The van der Waals surface area contributed by atoms with Crippen molar-refractivity contribution in [2.24, 2.45) is 0 Å². The standard InChI is InChI=1S/C11H18O3/c1-5-7-12-10-8-13-11(3,4)14-9(10)6-2/h5-6,9-10H,1-2,7-8H2,3-4H3/t9-,10-/m0/s1. The SMILES string of the molecule is C=CCO[C@H]1COC(C)(C)O[C@H]1C=C. The van der Waals surface area contributed by atoms with E-state index in [1.165, 1.54) is 0 Å². The lowest BCUT2D eigenvalue weighted by molar-refractivity contribution is -0.298. The lowest BCUT2D eigenvalue weighted by Gasteiger charge is -2.39. The number of hydrogen-bond donors (Lipinski definition) is 0. The molecule has 14 heavy (non-hydrogen) atoms. The molecule has 1 heterocycles. The first-order valence-electron chi connectivity index (χ1n) is 4.76. The summed E-state index contributed by atoms with van der Waals surface area (Å²) < 4.78 is 16.6. The second-order valence-corrected chi connectivity index (χ2v) is 3.69. The minimum absolute atomic E-state index is 0.0847. The van der Waals surface area contributed by atoms with Gasteiger partial charge in [-0.05, 0) is 13.8 Å². The molecule has 0 aromatic rings. The van der Waals surface area contributed by atoms with Gasteiger partial charge in [0, 0.05) is 0 Å². The molecule has 1 fully saturated rings. The smallest absolute Gasteiger partial charge is 0.163 e. The third kappa shape index (κ3) is 2.94. The fourth-order valence-corrected chi connectivity index (χ4v) is 1.35. The Morgan fingerprint density at radius 3 is 2.79 bits per heavy atom. The highest BCUT2D eigenvalue weighted by molar-refractivity contribution is 4.91. The molecule has 0 bridgehead atoms. The molecule has 80 valence electrons. The molecule has 0 radical (unpaired) electrons. The van der Waals surface area contributed by atoms with E-state index in [1.54, 1.807) is 12.2 Å². The summed E-state index contributed by atoms with van der Waals surface area (Å²) in [7, 11) is 0. The van der Waals surface area contributed by atoms with Crippen LogP contribution in [0.25, 0.3) is 0 Å². The predicted octanol–water partition coefficient (Wildman–Crippen LogP) is 1.90. The van der Waals surface area contributed by atoms with Crippen molar-refractivity contribution in [2.45, 2.75) is 31.8 Å². The summed E-state index contributed by atoms with van der Waals surface area (Å²) in [6.45, 7) is 12.1. The first-order valence-corrected chi connectivity index (χ1v) is 4.76. The van der Waals surface area contributed by atoms with Gasteiger partial charge in [0.15, 0.2) is 5.79 Å².